The van der Waals surface area contributed by atoms with Crippen LogP contribution in [0.3, 0.4) is 0 Å². The Morgan fingerprint density at radius 1 is 1.35 bits per heavy atom. The van der Waals surface area contributed by atoms with Gasteiger partial charge in [-0.25, -0.2) is 9.97 Å². The lowest BCUT2D eigenvalue weighted by molar-refractivity contribution is 1.14. The van der Waals surface area contributed by atoms with Gasteiger partial charge in [-0.15, -0.1) is 0 Å². The molecule has 0 aliphatic heterocycles. The highest BCUT2D eigenvalue weighted by molar-refractivity contribution is 14.1. The molecule has 2 rings (SSSR count). The van der Waals surface area contributed by atoms with Gasteiger partial charge >= 0.3 is 0 Å². The van der Waals surface area contributed by atoms with Gasteiger partial charge in [0, 0.05) is 19.9 Å². The second-order valence-electron chi connectivity index (χ2n) is 3.13. The minimum absolute atomic E-state index is 0.342. The molecule has 0 saturated carbocycles. The lowest BCUT2D eigenvalue weighted by Gasteiger charge is -2.05. The van der Waals surface area contributed by atoms with Crippen molar-refractivity contribution in [2.24, 2.45) is 0 Å². The third-order valence-electron chi connectivity index (χ3n) is 1.95. The fourth-order valence-corrected chi connectivity index (χ4v) is 1.95. The van der Waals surface area contributed by atoms with E-state index in [2.05, 4.69) is 53.8 Å². The summed E-state index contributed by atoms with van der Waals surface area (Å²) in [5.41, 5.74) is 1.22. The average Bonchev–Trinajstić information content (AvgIpc) is 2.34. The van der Waals surface area contributed by atoms with Crippen LogP contribution in [0.4, 0.5) is 11.6 Å². The molecule has 0 atom stereocenters. The molecule has 0 aliphatic rings. The second kappa shape index (κ2) is 5.42. The molecule has 1 aromatic heterocycles. The second-order valence-corrected chi connectivity index (χ2v) is 5.15. The molecule has 0 saturated heterocycles. The van der Waals surface area contributed by atoms with E-state index < -0.39 is 0 Å². The van der Waals surface area contributed by atoms with Crippen LogP contribution in [0, 0.1) is 14.9 Å². The van der Waals surface area contributed by atoms with E-state index in [0.29, 0.717) is 11.6 Å². The third kappa shape index (κ3) is 3.14. The number of hydrogen-bond acceptors (Lipinski definition) is 4. The molecule has 0 amide bonds. The summed E-state index contributed by atoms with van der Waals surface area (Å²) in [6.45, 7) is 0. The standard InChI is InChI=1S/C11H6BrIN4/c12-9-2-1-7(5-10(9)13)16-11-15-4-3-8(6-14)17-11/h1-5H,(H,15,16,17). The summed E-state index contributed by atoms with van der Waals surface area (Å²) >= 11 is 5.65. The molecule has 2 aromatic rings. The van der Waals surface area contributed by atoms with Gasteiger partial charge in [-0.05, 0) is 62.8 Å². The first-order chi connectivity index (χ1) is 8.19. The maximum absolute atomic E-state index is 8.73. The van der Waals surface area contributed by atoms with Gasteiger partial charge in [-0.2, -0.15) is 5.26 Å². The molecule has 4 nitrogen and oxygen atoms in total. The smallest absolute Gasteiger partial charge is 0.228 e. The molecule has 0 spiro atoms. The minimum atomic E-state index is 0.342. The first-order valence-corrected chi connectivity index (χ1v) is 6.51. The van der Waals surface area contributed by atoms with E-state index in [0.717, 1.165) is 13.7 Å². The van der Waals surface area contributed by atoms with Crippen LogP contribution in [0.25, 0.3) is 0 Å². The Bertz CT molecular complexity index is 594. The zero-order valence-corrected chi connectivity index (χ0v) is 12.2. The van der Waals surface area contributed by atoms with Gasteiger partial charge in [-0.1, -0.05) is 0 Å². The largest absolute Gasteiger partial charge is 0.324 e. The third-order valence-corrected chi connectivity index (χ3v) is 4.27. The quantitative estimate of drug-likeness (QED) is 0.784. The molecule has 0 fully saturated rings. The fourth-order valence-electron chi connectivity index (χ4n) is 1.18. The van der Waals surface area contributed by atoms with Crippen molar-refractivity contribution in [1.29, 1.82) is 5.26 Å². The highest BCUT2D eigenvalue weighted by atomic mass is 127. The number of rotatable bonds is 2. The van der Waals surface area contributed by atoms with E-state index in [1.54, 1.807) is 12.3 Å². The number of anilines is 2. The predicted molar refractivity (Wildman–Crippen MR) is 76.9 cm³/mol. The van der Waals surface area contributed by atoms with E-state index in [-0.39, 0.29) is 0 Å². The van der Waals surface area contributed by atoms with Crippen molar-refractivity contribution in [3.05, 3.63) is 44.2 Å². The van der Waals surface area contributed by atoms with Crippen molar-refractivity contribution in [2.75, 3.05) is 5.32 Å². The number of nitrogens with zero attached hydrogens (tertiary/aromatic N) is 3. The van der Waals surface area contributed by atoms with Crippen molar-refractivity contribution in [1.82, 2.24) is 9.97 Å². The van der Waals surface area contributed by atoms with Gasteiger partial charge in [0.1, 0.15) is 11.8 Å². The summed E-state index contributed by atoms with van der Waals surface area (Å²) in [4.78, 5) is 8.09. The van der Waals surface area contributed by atoms with Gasteiger partial charge in [0.15, 0.2) is 0 Å². The van der Waals surface area contributed by atoms with Gasteiger partial charge in [0.2, 0.25) is 5.95 Å². The summed E-state index contributed by atoms with van der Waals surface area (Å²) in [6.07, 6.45) is 1.55. The van der Waals surface area contributed by atoms with Crippen LogP contribution in [-0.2, 0) is 0 Å². The molecule has 6 heteroatoms. The van der Waals surface area contributed by atoms with Crippen molar-refractivity contribution < 1.29 is 0 Å². The average molecular weight is 401 g/mol. The fraction of sp³-hybridized carbons (Fsp3) is 0. The van der Waals surface area contributed by atoms with Crippen molar-refractivity contribution >= 4 is 50.2 Å². The molecule has 0 aliphatic carbocycles. The van der Waals surface area contributed by atoms with Crippen LogP contribution < -0.4 is 5.32 Å². The zero-order valence-electron chi connectivity index (χ0n) is 8.48. The van der Waals surface area contributed by atoms with Crippen molar-refractivity contribution in [2.45, 2.75) is 0 Å². The van der Waals surface area contributed by atoms with Gasteiger partial charge in [-0.3, -0.25) is 0 Å². The summed E-state index contributed by atoms with van der Waals surface area (Å²) < 4.78 is 2.12. The monoisotopic (exact) mass is 400 g/mol. The Hall–Kier alpha value is -1.20. The number of nitrogens with one attached hydrogen (secondary N) is 1. The number of benzene rings is 1. The minimum Gasteiger partial charge on any atom is -0.324 e. The van der Waals surface area contributed by atoms with Gasteiger partial charge in [0.05, 0.1) is 0 Å². The number of nitriles is 1. The summed E-state index contributed by atoms with van der Waals surface area (Å²) in [7, 11) is 0. The number of aromatic nitrogens is 2. The maximum atomic E-state index is 8.73. The Morgan fingerprint density at radius 3 is 2.88 bits per heavy atom. The molecule has 17 heavy (non-hydrogen) atoms. The lowest BCUT2D eigenvalue weighted by Crippen LogP contribution is -1.98. The zero-order chi connectivity index (χ0) is 12.3. The molecule has 1 N–H and O–H groups in total. The Morgan fingerprint density at radius 2 is 2.18 bits per heavy atom. The van der Waals surface area contributed by atoms with E-state index in [1.165, 1.54) is 0 Å². The summed E-state index contributed by atoms with van der Waals surface area (Å²) in [5, 5.41) is 11.8. The molecule has 0 unspecified atom stereocenters. The van der Waals surface area contributed by atoms with Crippen LogP contribution in [0.5, 0.6) is 0 Å². The van der Waals surface area contributed by atoms with Gasteiger partial charge in [0.25, 0.3) is 0 Å². The van der Waals surface area contributed by atoms with Crippen molar-refractivity contribution in [3.63, 3.8) is 0 Å². The molecule has 0 bridgehead atoms. The highest BCUT2D eigenvalue weighted by Gasteiger charge is 2.01. The Labute approximate surface area is 120 Å². The molecule has 1 heterocycles. The maximum Gasteiger partial charge on any atom is 0.228 e. The van der Waals surface area contributed by atoms with Crippen LogP contribution in [0.15, 0.2) is 34.9 Å². The van der Waals surface area contributed by atoms with Gasteiger partial charge < -0.3 is 5.32 Å². The SMILES string of the molecule is N#Cc1ccnc(Nc2ccc(Br)c(I)c2)n1. The number of halogens is 2. The van der Waals surface area contributed by atoms with E-state index >= 15 is 0 Å². The Kier molecular flexibility index (Phi) is 3.91. The highest BCUT2D eigenvalue weighted by Crippen LogP contribution is 2.23. The first-order valence-electron chi connectivity index (χ1n) is 4.64. The molecule has 0 radical (unpaired) electrons. The van der Waals surface area contributed by atoms with Crippen LogP contribution in [-0.4, -0.2) is 9.97 Å². The van der Waals surface area contributed by atoms with E-state index in [1.807, 2.05) is 24.3 Å². The van der Waals surface area contributed by atoms with Crippen LogP contribution >= 0.6 is 38.5 Å². The first kappa shape index (κ1) is 12.3. The predicted octanol–water partition coefficient (Wildman–Crippen LogP) is 3.46. The lowest BCUT2D eigenvalue weighted by atomic mass is 10.3. The molecular formula is C11H6BrIN4. The topological polar surface area (TPSA) is 61.6 Å². The van der Waals surface area contributed by atoms with Crippen LogP contribution in [0.2, 0.25) is 0 Å². The summed E-state index contributed by atoms with van der Waals surface area (Å²) in [5.74, 6) is 0.419. The summed E-state index contributed by atoms with van der Waals surface area (Å²) in [6, 6.07) is 9.36. The molecule has 1 aromatic carbocycles. The van der Waals surface area contributed by atoms with E-state index in [9.17, 15) is 0 Å². The molecular weight excluding hydrogens is 395 g/mol. The van der Waals surface area contributed by atoms with E-state index in [4.69, 9.17) is 5.26 Å². The Balaban J connectivity index is 2.25. The van der Waals surface area contributed by atoms with Crippen molar-refractivity contribution in [3.8, 4) is 6.07 Å². The molecule has 84 valence electrons. The normalized spacial score (nSPS) is 9.71. The van der Waals surface area contributed by atoms with Crippen LogP contribution in [0.1, 0.15) is 5.69 Å². The number of hydrogen-bond donors (Lipinski definition) is 1.